The second-order valence-electron chi connectivity index (χ2n) is 6.52. The number of nitrogens with zero attached hydrogens (tertiary/aromatic N) is 1. The molecule has 1 aliphatic heterocycles. The van der Waals surface area contributed by atoms with E-state index >= 15 is 0 Å². The number of carbonyl (C=O) groups is 2. The Bertz CT molecular complexity index is 1200. The Labute approximate surface area is 191 Å². The van der Waals surface area contributed by atoms with Crippen LogP contribution in [0.25, 0.3) is 17.4 Å². The molecule has 0 aliphatic carbocycles. The van der Waals surface area contributed by atoms with Crippen LogP contribution in [0.2, 0.25) is 10.0 Å². The first kappa shape index (κ1) is 21.5. The van der Waals surface area contributed by atoms with Crippen LogP contribution in [-0.2, 0) is 11.3 Å². The zero-order valence-corrected chi connectivity index (χ0v) is 18.4. The topological polar surface area (TPSA) is 59.8 Å². The van der Waals surface area contributed by atoms with Gasteiger partial charge in [-0.3, -0.25) is 14.5 Å². The highest BCUT2D eigenvalue weighted by Crippen LogP contribution is 2.36. The van der Waals surface area contributed by atoms with Crippen molar-refractivity contribution in [3.63, 3.8) is 0 Å². The van der Waals surface area contributed by atoms with Gasteiger partial charge in [-0.25, -0.2) is 4.39 Å². The quantitative estimate of drug-likeness (QED) is 0.385. The molecule has 0 saturated carbocycles. The number of hydrogen-bond acceptors (Lipinski definition) is 5. The SMILES string of the molecule is COc1ccc(-c2ccc(/C=C3\SC(=O)N(Cc4c(F)cccc4Cl)C3=O)o2)cc1Cl. The zero-order chi connectivity index (χ0) is 22.1. The van der Waals surface area contributed by atoms with Gasteiger partial charge in [-0.2, -0.15) is 0 Å². The van der Waals surface area contributed by atoms with Crippen molar-refractivity contribution >= 4 is 52.2 Å². The first-order valence-corrected chi connectivity index (χ1v) is 10.6. The van der Waals surface area contributed by atoms with Gasteiger partial charge in [0, 0.05) is 22.2 Å². The van der Waals surface area contributed by atoms with E-state index in [4.69, 9.17) is 32.4 Å². The molecule has 2 amide bonds. The van der Waals surface area contributed by atoms with Crippen LogP contribution in [-0.4, -0.2) is 23.2 Å². The Morgan fingerprint density at radius 2 is 1.94 bits per heavy atom. The number of halogens is 3. The molecule has 0 radical (unpaired) electrons. The standard InChI is InChI=1S/C22H14Cl2FNO4S/c1-29-19-7-5-12(9-16(19)24)18-8-6-13(30-18)10-20-21(27)26(22(28)31-20)11-14-15(23)3-2-4-17(14)25/h2-10H,11H2,1H3/b20-10-. The monoisotopic (exact) mass is 477 g/mol. The summed E-state index contributed by atoms with van der Waals surface area (Å²) in [5, 5.41) is 0.0759. The number of benzene rings is 2. The molecule has 0 atom stereocenters. The Morgan fingerprint density at radius 3 is 2.65 bits per heavy atom. The molecule has 1 saturated heterocycles. The fourth-order valence-electron chi connectivity index (χ4n) is 3.01. The van der Waals surface area contributed by atoms with Gasteiger partial charge in [-0.15, -0.1) is 0 Å². The summed E-state index contributed by atoms with van der Waals surface area (Å²) in [6, 6.07) is 12.8. The number of methoxy groups -OCH3 is 1. The van der Waals surface area contributed by atoms with Gasteiger partial charge in [0.15, 0.2) is 0 Å². The second kappa shape index (κ2) is 8.78. The van der Waals surface area contributed by atoms with Crippen LogP contribution in [0.15, 0.2) is 57.9 Å². The van der Waals surface area contributed by atoms with Gasteiger partial charge in [0.2, 0.25) is 0 Å². The third-order valence-electron chi connectivity index (χ3n) is 4.59. The lowest BCUT2D eigenvalue weighted by Crippen LogP contribution is -2.28. The summed E-state index contributed by atoms with van der Waals surface area (Å²) in [5.41, 5.74) is 0.817. The molecule has 0 spiro atoms. The maximum absolute atomic E-state index is 14.1. The summed E-state index contributed by atoms with van der Waals surface area (Å²) < 4.78 is 25.0. The lowest BCUT2D eigenvalue weighted by atomic mass is 10.2. The van der Waals surface area contributed by atoms with Gasteiger partial charge in [0.25, 0.3) is 11.1 Å². The highest BCUT2D eigenvalue weighted by atomic mass is 35.5. The normalized spacial score (nSPS) is 15.2. The Hall–Kier alpha value is -2.74. The molecular weight excluding hydrogens is 464 g/mol. The molecule has 3 aromatic rings. The van der Waals surface area contributed by atoms with Crippen LogP contribution in [0.1, 0.15) is 11.3 Å². The number of rotatable bonds is 5. The van der Waals surface area contributed by atoms with Crippen molar-refractivity contribution in [2.75, 3.05) is 7.11 Å². The molecule has 1 aromatic heterocycles. The summed E-state index contributed by atoms with van der Waals surface area (Å²) in [7, 11) is 1.53. The summed E-state index contributed by atoms with van der Waals surface area (Å²) in [5.74, 6) is 0.342. The van der Waals surface area contributed by atoms with E-state index < -0.39 is 17.0 Å². The van der Waals surface area contributed by atoms with E-state index in [2.05, 4.69) is 0 Å². The third-order valence-corrected chi connectivity index (χ3v) is 6.14. The first-order valence-electron chi connectivity index (χ1n) is 8.99. The maximum Gasteiger partial charge on any atom is 0.293 e. The van der Waals surface area contributed by atoms with E-state index in [1.165, 1.54) is 31.4 Å². The number of ether oxygens (including phenoxy) is 1. The predicted octanol–water partition coefficient (Wildman–Crippen LogP) is 6.64. The average molecular weight is 478 g/mol. The highest BCUT2D eigenvalue weighted by Gasteiger charge is 2.36. The van der Waals surface area contributed by atoms with E-state index in [-0.39, 0.29) is 22.0 Å². The van der Waals surface area contributed by atoms with E-state index in [0.717, 1.165) is 22.2 Å². The van der Waals surface area contributed by atoms with Crippen LogP contribution < -0.4 is 4.74 Å². The second-order valence-corrected chi connectivity index (χ2v) is 8.33. The van der Waals surface area contributed by atoms with Crippen molar-refractivity contribution in [2.24, 2.45) is 0 Å². The number of thioether (sulfide) groups is 1. The summed E-state index contributed by atoms with van der Waals surface area (Å²) in [4.78, 5) is 26.2. The van der Waals surface area contributed by atoms with Gasteiger partial charge in [0.05, 0.1) is 23.6 Å². The van der Waals surface area contributed by atoms with Crippen LogP contribution in [0.3, 0.4) is 0 Å². The molecule has 1 fully saturated rings. The number of carbonyl (C=O) groups excluding carboxylic acids is 2. The first-order chi connectivity index (χ1) is 14.9. The summed E-state index contributed by atoms with van der Waals surface area (Å²) in [6.07, 6.45) is 1.47. The number of amides is 2. The Balaban J connectivity index is 1.56. The van der Waals surface area contributed by atoms with Gasteiger partial charge in [0.1, 0.15) is 23.1 Å². The lowest BCUT2D eigenvalue weighted by Gasteiger charge is -2.14. The molecule has 31 heavy (non-hydrogen) atoms. The smallest absolute Gasteiger partial charge is 0.293 e. The maximum atomic E-state index is 14.1. The van der Waals surface area contributed by atoms with Crippen molar-refractivity contribution in [3.8, 4) is 17.1 Å². The molecule has 0 N–H and O–H groups in total. The molecule has 0 bridgehead atoms. The average Bonchev–Trinajstić information content (AvgIpc) is 3.30. The van der Waals surface area contributed by atoms with Crippen LogP contribution >= 0.6 is 35.0 Å². The molecule has 2 aromatic carbocycles. The molecule has 158 valence electrons. The third kappa shape index (κ3) is 4.35. The largest absolute Gasteiger partial charge is 0.495 e. The van der Waals surface area contributed by atoms with E-state index in [1.54, 1.807) is 30.3 Å². The van der Waals surface area contributed by atoms with Crippen molar-refractivity contribution < 1.29 is 23.1 Å². The van der Waals surface area contributed by atoms with Gasteiger partial charge >= 0.3 is 0 Å². The van der Waals surface area contributed by atoms with Gasteiger partial charge in [-0.1, -0.05) is 29.3 Å². The zero-order valence-electron chi connectivity index (χ0n) is 16.0. The molecule has 1 aliphatic rings. The Kier molecular flexibility index (Phi) is 6.09. The van der Waals surface area contributed by atoms with E-state index in [9.17, 15) is 14.0 Å². The van der Waals surface area contributed by atoms with Crippen LogP contribution in [0.4, 0.5) is 9.18 Å². The molecule has 0 unspecified atom stereocenters. The number of imide groups is 1. The molecule has 9 heteroatoms. The number of furan rings is 1. The van der Waals surface area contributed by atoms with E-state index in [0.29, 0.717) is 22.3 Å². The van der Waals surface area contributed by atoms with Crippen molar-refractivity contribution in [1.82, 2.24) is 4.90 Å². The molecule has 4 rings (SSSR count). The minimum atomic E-state index is -0.579. The van der Waals surface area contributed by atoms with Gasteiger partial charge in [-0.05, 0) is 54.2 Å². The fourth-order valence-corrected chi connectivity index (χ4v) is 4.31. The predicted molar refractivity (Wildman–Crippen MR) is 119 cm³/mol. The molecular formula is C22H14Cl2FNO4S. The van der Waals surface area contributed by atoms with Gasteiger partial charge < -0.3 is 9.15 Å². The lowest BCUT2D eigenvalue weighted by molar-refractivity contribution is -0.123. The Morgan fingerprint density at radius 1 is 1.13 bits per heavy atom. The summed E-state index contributed by atoms with van der Waals surface area (Å²) in [6.45, 7) is -0.249. The fraction of sp³-hybridized carbons (Fsp3) is 0.0909. The number of hydrogen-bond donors (Lipinski definition) is 0. The highest BCUT2D eigenvalue weighted by molar-refractivity contribution is 8.18. The van der Waals surface area contributed by atoms with Crippen molar-refractivity contribution in [3.05, 3.63) is 80.6 Å². The molecule has 5 nitrogen and oxygen atoms in total. The van der Waals surface area contributed by atoms with Crippen LogP contribution in [0, 0.1) is 5.82 Å². The summed E-state index contributed by atoms with van der Waals surface area (Å²) >= 11 is 12.9. The molecule has 2 heterocycles. The van der Waals surface area contributed by atoms with Crippen molar-refractivity contribution in [2.45, 2.75) is 6.54 Å². The minimum Gasteiger partial charge on any atom is -0.495 e. The van der Waals surface area contributed by atoms with E-state index in [1.807, 2.05) is 0 Å². The minimum absolute atomic E-state index is 0.0874. The van der Waals surface area contributed by atoms with Crippen molar-refractivity contribution in [1.29, 1.82) is 0 Å². The van der Waals surface area contributed by atoms with Crippen LogP contribution in [0.5, 0.6) is 5.75 Å².